The van der Waals surface area contributed by atoms with Gasteiger partial charge in [-0.2, -0.15) is 11.8 Å². The third kappa shape index (κ3) is 5.20. The summed E-state index contributed by atoms with van der Waals surface area (Å²) in [5, 5.41) is 3.54. The van der Waals surface area contributed by atoms with E-state index in [9.17, 15) is 0 Å². The van der Waals surface area contributed by atoms with Crippen molar-refractivity contribution < 1.29 is 4.74 Å². The molecule has 0 aromatic heterocycles. The van der Waals surface area contributed by atoms with Gasteiger partial charge in [-0.15, -0.1) is 0 Å². The van der Waals surface area contributed by atoms with Gasteiger partial charge in [0.25, 0.3) is 0 Å². The van der Waals surface area contributed by atoms with Crippen LogP contribution in [0.4, 0.5) is 0 Å². The number of nitrogens with zero attached hydrogens (tertiary/aromatic N) is 1. The second kappa shape index (κ2) is 7.51. The fourth-order valence-electron chi connectivity index (χ4n) is 1.57. The summed E-state index contributed by atoms with van der Waals surface area (Å²) in [4.78, 5) is 2.35. The molecule has 14 heavy (non-hydrogen) atoms. The van der Waals surface area contributed by atoms with Crippen molar-refractivity contribution in [1.82, 2.24) is 10.2 Å². The summed E-state index contributed by atoms with van der Waals surface area (Å²) >= 11 is 2.05. The van der Waals surface area contributed by atoms with Crippen molar-refractivity contribution in [1.29, 1.82) is 0 Å². The van der Waals surface area contributed by atoms with Crippen molar-refractivity contribution in [2.45, 2.75) is 13.0 Å². The zero-order valence-electron chi connectivity index (χ0n) is 9.29. The highest BCUT2D eigenvalue weighted by atomic mass is 32.2. The summed E-state index contributed by atoms with van der Waals surface area (Å²) < 4.78 is 5.33. The van der Waals surface area contributed by atoms with Crippen LogP contribution in [0.25, 0.3) is 0 Å². The number of likely N-dealkylation sites (N-methyl/N-ethyl adjacent to an activating group) is 1. The van der Waals surface area contributed by atoms with E-state index in [1.165, 1.54) is 11.5 Å². The van der Waals surface area contributed by atoms with Crippen molar-refractivity contribution >= 4 is 11.8 Å². The molecule has 1 unspecified atom stereocenters. The molecule has 3 nitrogen and oxygen atoms in total. The monoisotopic (exact) mass is 218 g/mol. The van der Waals surface area contributed by atoms with Crippen LogP contribution in [0.5, 0.6) is 0 Å². The molecule has 0 amide bonds. The summed E-state index contributed by atoms with van der Waals surface area (Å²) in [6.45, 7) is 7.06. The highest BCUT2D eigenvalue weighted by Gasteiger charge is 2.14. The van der Waals surface area contributed by atoms with Crippen LogP contribution in [-0.2, 0) is 4.74 Å². The van der Waals surface area contributed by atoms with Gasteiger partial charge in [-0.3, -0.25) is 0 Å². The van der Waals surface area contributed by atoms with Gasteiger partial charge in [-0.1, -0.05) is 0 Å². The van der Waals surface area contributed by atoms with Gasteiger partial charge in [-0.25, -0.2) is 0 Å². The van der Waals surface area contributed by atoms with Crippen LogP contribution in [0.2, 0.25) is 0 Å². The summed E-state index contributed by atoms with van der Waals surface area (Å²) in [7, 11) is 2.17. The number of nitrogens with one attached hydrogen (secondary N) is 1. The molecule has 1 N–H and O–H groups in total. The Bertz CT molecular complexity index is 140. The molecule has 1 aliphatic heterocycles. The smallest absolute Gasteiger partial charge is 0.0593 e. The Labute approximate surface area is 91.6 Å². The third-order valence-electron chi connectivity index (χ3n) is 2.35. The van der Waals surface area contributed by atoms with Crippen LogP contribution >= 0.6 is 11.8 Å². The number of rotatable bonds is 6. The van der Waals surface area contributed by atoms with Crippen molar-refractivity contribution in [3.8, 4) is 0 Å². The van der Waals surface area contributed by atoms with Gasteiger partial charge >= 0.3 is 0 Å². The molecule has 1 rings (SSSR count). The Morgan fingerprint density at radius 2 is 2.43 bits per heavy atom. The zero-order chi connectivity index (χ0) is 10.2. The molecule has 0 bridgehead atoms. The molecule has 1 aliphatic rings. The van der Waals surface area contributed by atoms with Crippen LogP contribution in [-0.4, -0.2) is 62.3 Å². The maximum Gasteiger partial charge on any atom is 0.0593 e. The van der Waals surface area contributed by atoms with Crippen LogP contribution in [0.3, 0.4) is 0 Å². The fraction of sp³-hybridized carbons (Fsp3) is 1.00. The van der Waals surface area contributed by atoms with E-state index in [0.29, 0.717) is 6.04 Å². The maximum absolute atomic E-state index is 5.33. The quantitative estimate of drug-likeness (QED) is 0.662. The van der Waals surface area contributed by atoms with E-state index in [-0.39, 0.29) is 0 Å². The van der Waals surface area contributed by atoms with Gasteiger partial charge in [-0.05, 0) is 14.0 Å². The van der Waals surface area contributed by atoms with E-state index >= 15 is 0 Å². The molecule has 84 valence electrons. The Morgan fingerprint density at radius 1 is 1.57 bits per heavy atom. The predicted octanol–water partition coefficient (Wildman–Crippen LogP) is 0.660. The molecule has 0 aromatic carbocycles. The maximum atomic E-state index is 5.33. The van der Waals surface area contributed by atoms with E-state index in [1.54, 1.807) is 0 Å². The Balaban J connectivity index is 2.03. The molecule has 1 saturated heterocycles. The molecule has 0 aliphatic carbocycles. The SMILES string of the molecule is CCOCCN(C)CC1CSCCN1. The first-order chi connectivity index (χ1) is 6.83. The first kappa shape index (κ1) is 12.3. The van der Waals surface area contributed by atoms with Gasteiger partial charge in [0.1, 0.15) is 0 Å². The summed E-state index contributed by atoms with van der Waals surface area (Å²) in [6.07, 6.45) is 0. The van der Waals surface area contributed by atoms with Crippen LogP contribution in [0.1, 0.15) is 6.92 Å². The number of hydrogen-bond donors (Lipinski definition) is 1. The minimum absolute atomic E-state index is 0.667. The van der Waals surface area contributed by atoms with E-state index in [1.807, 2.05) is 6.92 Å². The largest absolute Gasteiger partial charge is 0.380 e. The number of hydrogen-bond acceptors (Lipinski definition) is 4. The molecule has 0 aromatic rings. The van der Waals surface area contributed by atoms with Gasteiger partial charge in [0.2, 0.25) is 0 Å². The molecule has 1 fully saturated rings. The van der Waals surface area contributed by atoms with Crippen molar-refractivity contribution in [2.75, 3.05) is 51.4 Å². The standard InChI is InChI=1S/C10H22N2OS/c1-3-13-6-5-12(2)8-10-9-14-7-4-11-10/h10-11H,3-9H2,1-2H3. The van der Waals surface area contributed by atoms with E-state index in [0.717, 1.165) is 32.8 Å². The van der Waals surface area contributed by atoms with Crippen molar-refractivity contribution in [3.05, 3.63) is 0 Å². The molecule has 0 saturated carbocycles. The molecule has 0 spiro atoms. The topological polar surface area (TPSA) is 24.5 Å². The predicted molar refractivity (Wildman–Crippen MR) is 63.1 cm³/mol. The van der Waals surface area contributed by atoms with Gasteiger partial charge in [0.05, 0.1) is 6.61 Å². The van der Waals surface area contributed by atoms with Crippen LogP contribution < -0.4 is 5.32 Å². The van der Waals surface area contributed by atoms with Crippen molar-refractivity contribution in [3.63, 3.8) is 0 Å². The third-order valence-corrected chi connectivity index (χ3v) is 3.48. The molecular formula is C10H22N2OS. The highest BCUT2D eigenvalue weighted by Crippen LogP contribution is 2.08. The second-order valence-electron chi connectivity index (χ2n) is 3.69. The Kier molecular flexibility index (Phi) is 6.60. The number of thioether (sulfide) groups is 1. The van der Waals surface area contributed by atoms with Crippen LogP contribution in [0.15, 0.2) is 0 Å². The van der Waals surface area contributed by atoms with E-state index in [2.05, 4.69) is 29.0 Å². The second-order valence-corrected chi connectivity index (χ2v) is 4.83. The molecule has 0 radical (unpaired) electrons. The average molecular weight is 218 g/mol. The van der Waals surface area contributed by atoms with Gasteiger partial charge < -0.3 is 15.0 Å². The molecule has 4 heteroatoms. The lowest BCUT2D eigenvalue weighted by Gasteiger charge is -2.27. The zero-order valence-corrected chi connectivity index (χ0v) is 10.1. The van der Waals surface area contributed by atoms with Gasteiger partial charge in [0.15, 0.2) is 0 Å². The lowest BCUT2D eigenvalue weighted by atomic mass is 10.3. The molecule has 1 atom stereocenters. The minimum atomic E-state index is 0.667. The molecular weight excluding hydrogens is 196 g/mol. The van der Waals surface area contributed by atoms with E-state index < -0.39 is 0 Å². The Morgan fingerprint density at radius 3 is 3.07 bits per heavy atom. The van der Waals surface area contributed by atoms with E-state index in [4.69, 9.17) is 4.74 Å². The van der Waals surface area contributed by atoms with Gasteiger partial charge in [0, 0.05) is 43.8 Å². The van der Waals surface area contributed by atoms with Crippen LogP contribution in [0, 0.1) is 0 Å². The summed E-state index contributed by atoms with van der Waals surface area (Å²) in [5.74, 6) is 2.51. The lowest BCUT2D eigenvalue weighted by molar-refractivity contribution is 0.119. The average Bonchev–Trinajstić information content (AvgIpc) is 2.20. The fourth-order valence-corrected chi connectivity index (χ4v) is 2.51. The first-order valence-corrected chi connectivity index (χ1v) is 6.55. The Hall–Kier alpha value is 0.230. The lowest BCUT2D eigenvalue weighted by Crippen LogP contribution is -2.45. The minimum Gasteiger partial charge on any atom is -0.380 e. The first-order valence-electron chi connectivity index (χ1n) is 5.40. The molecule has 1 heterocycles. The van der Waals surface area contributed by atoms with Crippen molar-refractivity contribution in [2.24, 2.45) is 0 Å². The summed E-state index contributed by atoms with van der Waals surface area (Å²) in [5.41, 5.74) is 0. The summed E-state index contributed by atoms with van der Waals surface area (Å²) in [6, 6.07) is 0.667. The normalized spacial score (nSPS) is 22.9. The number of ether oxygens (including phenoxy) is 1. The highest BCUT2D eigenvalue weighted by molar-refractivity contribution is 7.99.